The van der Waals surface area contributed by atoms with Gasteiger partial charge in [0.05, 0.1) is 12.2 Å². The van der Waals surface area contributed by atoms with E-state index in [9.17, 15) is 4.39 Å². The van der Waals surface area contributed by atoms with Crippen LogP contribution >= 0.6 is 0 Å². The Morgan fingerprint density at radius 3 is 3.00 bits per heavy atom. The molecule has 0 saturated heterocycles. The van der Waals surface area contributed by atoms with Crippen molar-refractivity contribution in [2.24, 2.45) is 5.84 Å². The van der Waals surface area contributed by atoms with Crippen LogP contribution < -0.4 is 11.3 Å². The van der Waals surface area contributed by atoms with Gasteiger partial charge in [-0.3, -0.25) is 16.3 Å². The lowest BCUT2D eigenvalue weighted by atomic mass is 10.0. The summed E-state index contributed by atoms with van der Waals surface area (Å²) in [5, 5.41) is 0. The minimum absolute atomic E-state index is 0.240. The van der Waals surface area contributed by atoms with Crippen molar-refractivity contribution in [2.75, 3.05) is 0 Å². The molecule has 0 spiro atoms. The third kappa shape index (κ3) is 2.61. The van der Waals surface area contributed by atoms with Crippen LogP contribution in [0.25, 0.3) is 0 Å². The number of nitrogens with zero attached hydrogens (tertiary/aromatic N) is 1. The molecule has 1 rings (SSSR count). The molecular weight excluding hydrogens is 181 g/mol. The van der Waals surface area contributed by atoms with Crippen molar-refractivity contribution < 1.29 is 4.39 Å². The van der Waals surface area contributed by atoms with Crippen molar-refractivity contribution in [1.29, 1.82) is 0 Å². The van der Waals surface area contributed by atoms with Gasteiger partial charge in [-0.15, -0.1) is 6.58 Å². The summed E-state index contributed by atoms with van der Waals surface area (Å²) in [4.78, 5) is 3.67. The first-order valence-electron chi connectivity index (χ1n) is 4.35. The highest BCUT2D eigenvalue weighted by Gasteiger charge is 2.13. The van der Waals surface area contributed by atoms with Gasteiger partial charge in [-0.2, -0.15) is 0 Å². The van der Waals surface area contributed by atoms with E-state index in [2.05, 4.69) is 17.0 Å². The predicted molar refractivity (Wildman–Crippen MR) is 53.7 cm³/mol. The second-order valence-corrected chi connectivity index (χ2v) is 3.28. The Morgan fingerprint density at radius 1 is 1.79 bits per heavy atom. The largest absolute Gasteiger partial charge is 0.271 e. The zero-order valence-electron chi connectivity index (χ0n) is 8.13. The molecular formula is C10H14FN3. The predicted octanol–water partition coefficient (Wildman–Crippen LogP) is 1.69. The Hall–Kier alpha value is -1.26. The van der Waals surface area contributed by atoms with E-state index in [-0.39, 0.29) is 11.9 Å². The molecule has 0 bridgehead atoms. The topological polar surface area (TPSA) is 50.9 Å². The van der Waals surface area contributed by atoms with Crippen LogP contribution in [-0.2, 0) is 0 Å². The number of rotatable bonds is 4. The van der Waals surface area contributed by atoms with Crippen molar-refractivity contribution in [3.8, 4) is 0 Å². The summed E-state index contributed by atoms with van der Waals surface area (Å²) in [5.74, 6) is 4.99. The summed E-state index contributed by atoms with van der Waals surface area (Å²) < 4.78 is 13.3. The second-order valence-electron chi connectivity index (χ2n) is 3.28. The average molecular weight is 195 g/mol. The minimum Gasteiger partial charge on any atom is -0.271 e. The summed E-state index contributed by atoms with van der Waals surface area (Å²) in [6, 6.07) is 1.37. The Bertz CT molecular complexity index is 325. The molecule has 0 saturated carbocycles. The number of halogens is 1. The lowest BCUT2D eigenvalue weighted by Crippen LogP contribution is -2.28. The molecule has 0 aliphatic heterocycles. The molecule has 0 aliphatic rings. The smallest absolute Gasteiger partial charge is 0.146 e. The van der Waals surface area contributed by atoms with Gasteiger partial charge >= 0.3 is 0 Å². The maximum Gasteiger partial charge on any atom is 0.146 e. The summed E-state index contributed by atoms with van der Waals surface area (Å²) >= 11 is 0. The molecule has 14 heavy (non-hydrogen) atoms. The van der Waals surface area contributed by atoms with Crippen LogP contribution in [0.4, 0.5) is 4.39 Å². The Morgan fingerprint density at radius 2 is 2.50 bits per heavy atom. The van der Waals surface area contributed by atoms with Crippen LogP contribution in [0.2, 0.25) is 0 Å². The van der Waals surface area contributed by atoms with Crippen LogP contribution in [0, 0.1) is 5.82 Å². The van der Waals surface area contributed by atoms with E-state index in [1.54, 1.807) is 12.3 Å². The van der Waals surface area contributed by atoms with E-state index in [0.717, 1.165) is 5.57 Å². The summed E-state index contributed by atoms with van der Waals surface area (Å²) in [5.41, 5.74) is 4.03. The number of hydrazine groups is 1. The van der Waals surface area contributed by atoms with Gasteiger partial charge in [0, 0.05) is 11.8 Å². The molecule has 4 heteroatoms. The van der Waals surface area contributed by atoms with E-state index in [4.69, 9.17) is 5.84 Å². The zero-order chi connectivity index (χ0) is 10.6. The lowest BCUT2D eigenvalue weighted by Gasteiger charge is -2.16. The second kappa shape index (κ2) is 4.83. The van der Waals surface area contributed by atoms with Gasteiger partial charge in [0.25, 0.3) is 0 Å². The number of aromatic nitrogens is 1. The summed E-state index contributed by atoms with van der Waals surface area (Å²) in [7, 11) is 0. The number of hydrogen-bond acceptors (Lipinski definition) is 3. The maximum absolute atomic E-state index is 13.3. The fraction of sp³-hybridized carbons (Fsp3) is 0.300. The highest BCUT2D eigenvalue weighted by Crippen LogP contribution is 2.21. The third-order valence-electron chi connectivity index (χ3n) is 1.93. The van der Waals surface area contributed by atoms with Crippen molar-refractivity contribution in [3.05, 3.63) is 42.0 Å². The standard InChI is InChI=1S/C10H14FN3/c1-7(2)5-10(14-12)8-3-4-13-6-9(8)11/h3-4,6,10,14H,1,5,12H2,2H3. The van der Waals surface area contributed by atoms with Gasteiger partial charge in [0.2, 0.25) is 0 Å². The summed E-state index contributed by atoms with van der Waals surface area (Å²) in [6.07, 6.45) is 3.33. The summed E-state index contributed by atoms with van der Waals surface area (Å²) in [6.45, 7) is 5.64. The van der Waals surface area contributed by atoms with E-state index >= 15 is 0 Å². The van der Waals surface area contributed by atoms with E-state index < -0.39 is 0 Å². The molecule has 1 aromatic heterocycles. The quantitative estimate of drug-likeness (QED) is 0.436. The van der Waals surface area contributed by atoms with Gasteiger partial charge in [-0.1, -0.05) is 5.57 Å². The number of nitrogens with one attached hydrogen (secondary N) is 1. The van der Waals surface area contributed by atoms with Gasteiger partial charge in [-0.25, -0.2) is 4.39 Å². The van der Waals surface area contributed by atoms with E-state index in [1.807, 2.05) is 6.92 Å². The molecule has 3 nitrogen and oxygen atoms in total. The Labute approximate surface area is 82.8 Å². The number of hydrogen-bond donors (Lipinski definition) is 2. The SMILES string of the molecule is C=C(C)CC(NN)c1ccncc1F. The molecule has 0 aliphatic carbocycles. The zero-order valence-corrected chi connectivity index (χ0v) is 8.13. The molecule has 76 valence electrons. The van der Waals surface area contributed by atoms with Crippen LogP contribution in [0.1, 0.15) is 24.9 Å². The first kappa shape index (κ1) is 10.8. The van der Waals surface area contributed by atoms with Crippen LogP contribution in [0.3, 0.4) is 0 Å². The van der Waals surface area contributed by atoms with E-state index in [0.29, 0.717) is 12.0 Å². The lowest BCUT2D eigenvalue weighted by molar-refractivity contribution is 0.507. The average Bonchev–Trinajstić information content (AvgIpc) is 2.15. The fourth-order valence-corrected chi connectivity index (χ4v) is 1.28. The van der Waals surface area contributed by atoms with Crippen LogP contribution in [0.15, 0.2) is 30.6 Å². The van der Waals surface area contributed by atoms with Crippen LogP contribution in [-0.4, -0.2) is 4.98 Å². The van der Waals surface area contributed by atoms with Gasteiger partial charge < -0.3 is 0 Å². The van der Waals surface area contributed by atoms with Crippen molar-refractivity contribution >= 4 is 0 Å². The molecule has 1 atom stereocenters. The normalized spacial score (nSPS) is 12.5. The molecule has 1 unspecified atom stereocenters. The molecule has 0 radical (unpaired) electrons. The Kier molecular flexibility index (Phi) is 3.73. The van der Waals surface area contributed by atoms with Gasteiger partial charge in [0.1, 0.15) is 5.82 Å². The van der Waals surface area contributed by atoms with Gasteiger partial charge in [-0.05, 0) is 19.4 Å². The molecule has 3 N–H and O–H groups in total. The molecule has 0 aromatic carbocycles. The number of pyridine rings is 1. The minimum atomic E-state index is -0.350. The van der Waals surface area contributed by atoms with Crippen molar-refractivity contribution in [1.82, 2.24) is 10.4 Å². The molecule has 1 aromatic rings. The fourth-order valence-electron chi connectivity index (χ4n) is 1.28. The Balaban J connectivity index is 2.89. The maximum atomic E-state index is 13.3. The highest BCUT2D eigenvalue weighted by atomic mass is 19.1. The van der Waals surface area contributed by atoms with Gasteiger partial charge in [0.15, 0.2) is 0 Å². The van der Waals surface area contributed by atoms with Crippen molar-refractivity contribution in [2.45, 2.75) is 19.4 Å². The van der Waals surface area contributed by atoms with Crippen molar-refractivity contribution in [3.63, 3.8) is 0 Å². The third-order valence-corrected chi connectivity index (χ3v) is 1.93. The number of nitrogens with two attached hydrogens (primary N) is 1. The first-order chi connectivity index (χ1) is 6.65. The molecule has 0 amide bonds. The van der Waals surface area contributed by atoms with E-state index in [1.165, 1.54) is 6.20 Å². The molecule has 1 heterocycles. The van der Waals surface area contributed by atoms with Crippen LogP contribution in [0.5, 0.6) is 0 Å². The monoisotopic (exact) mass is 195 g/mol. The highest BCUT2D eigenvalue weighted by molar-refractivity contribution is 5.19. The molecule has 0 fully saturated rings. The first-order valence-corrected chi connectivity index (χ1v) is 4.35.